The quantitative estimate of drug-likeness (QED) is 0.579. The average molecular weight is 151 g/mol. The van der Waals surface area contributed by atoms with Gasteiger partial charge in [-0.15, -0.1) is 0 Å². The van der Waals surface area contributed by atoms with Gasteiger partial charge in [0.15, 0.2) is 0 Å². The predicted octanol–water partition coefficient (Wildman–Crippen LogP) is 3.00. The Labute approximate surface area is 67.7 Å². The van der Waals surface area contributed by atoms with Crippen LogP contribution in [0.2, 0.25) is 0 Å². The van der Waals surface area contributed by atoms with E-state index in [4.69, 9.17) is 12.6 Å². The summed E-state index contributed by atoms with van der Waals surface area (Å²) < 4.78 is 0. The lowest BCUT2D eigenvalue weighted by atomic mass is 10.1. The molecule has 53 valence electrons. The molecule has 1 radical (unpaired) electrons. The van der Waals surface area contributed by atoms with Crippen LogP contribution in [0.15, 0.2) is 18.2 Å². The van der Waals surface area contributed by atoms with E-state index in [-0.39, 0.29) is 0 Å². The molecule has 0 N–H and O–H groups in total. The maximum Gasteiger partial charge on any atom is 0.0289 e. The summed E-state index contributed by atoms with van der Waals surface area (Å²) in [6.45, 7) is 4.20. The van der Waals surface area contributed by atoms with Gasteiger partial charge in [-0.05, 0) is 19.4 Å². The Bertz CT molecular complexity index is 208. The zero-order chi connectivity index (χ0) is 7.56. The second-order valence-electron chi connectivity index (χ2n) is 2.64. The summed E-state index contributed by atoms with van der Waals surface area (Å²) in [5.74, 6) is 0.725. The first-order valence-electron chi connectivity index (χ1n) is 3.37. The summed E-state index contributed by atoms with van der Waals surface area (Å²) in [4.78, 5) is 0. The minimum absolute atomic E-state index is 0.725. The van der Waals surface area contributed by atoms with E-state index >= 15 is 0 Å². The van der Waals surface area contributed by atoms with Gasteiger partial charge in [0.1, 0.15) is 0 Å². The first-order valence-corrected chi connectivity index (χ1v) is 3.95. The van der Waals surface area contributed by atoms with Gasteiger partial charge < -0.3 is 0 Å². The minimum Gasteiger partial charge on any atom is -0.0890 e. The van der Waals surface area contributed by atoms with Crippen molar-refractivity contribution in [1.82, 2.24) is 0 Å². The lowest BCUT2D eigenvalue weighted by Gasteiger charge is -1.99. The third-order valence-electron chi connectivity index (χ3n) is 1.45. The average Bonchev–Trinajstić information content (AvgIpc) is 1.85. The Morgan fingerprint density at radius 1 is 1.10 bits per heavy atom. The summed E-state index contributed by atoms with van der Waals surface area (Å²) in [6.07, 6.45) is 0. The smallest absolute Gasteiger partial charge is 0.0289 e. The van der Waals surface area contributed by atoms with E-state index in [0.29, 0.717) is 0 Å². The maximum absolute atomic E-state index is 4.94. The molecule has 0 atom stereocenters. The van der Waals surface area contributed by atoms with Crippen molar-refractivity contribution in [3.63, 3.8) is 0 Å². The highest BCUT2D eigenvalue weighted by Gasteiger charge is 1.91. The summed E-state index contributed by atoms with van der Waals surface area (Å²) in [5.41, 5.74) is 3.87. The number of rotatable bonds is 1. The lowest BCUT2D eigenvalue weighted by molar-refractivity contribution is 1.31. The summed E-state index contributed by atoms with van der Waals surface area (Å²) in [6, 6.07) is 6.44. The minimum atomic E-state index is 0.725. The first kappa shape index (κ1) is 7.67. The van der Waals surface area contributed by atoms with E-state index in [9.17, 15) is 0 Å². The van der Waals surface area contributed by atoms with E-state index in [1.54, 1.807) is 0 Å². The molecule has 0 aliphatic rings. The second kappa shape index (κ2) is 3.11. The molecule has 0 spiro atoms. The van der Waals surface area contributed by atoms with Gasteiger partial charge in [0, 0.05) is 5.75 Å². The van der Waals surface area contributed by atoms with E-state index in [1.165, 1.54) is 16.7 Å². The van der Waals surface area contributed by atoms with Crippen LogP contribution < -0.4 is 0 Å². The molecule has 0 nitrogen and oxygen atoms in total. The highest BCUT2D eigenvalue weighted by Crippen LogP contribution is 2.09. The molecule has 1 rings (SSSR count). The molecule has 10 heavy (non-hydrogen) atoms. The Balaban J connectivity index is 3.06. The van der Waals surface area contributed by atoms with Crippen LogP contribution in [-0.4, -0.2) is 0 Å². The van der Waals surface area contributed by atoms with Crippen LogP contribution in [-0.2, 0) is 5.75 Å². The van der Waals surface area contributed by atoms with Gasteiger partial charge in [-0.1, -0.05) is 42.0 Å². The number of hydrogen-bond acceptors (Lipinski definition) is 0. The van der Waals surface area contributed by atoms with Crippen molar-refractivity contribution in [1.29, 1.82) is 0 Å². The van der Waals surface area contributed by atoms with E-state index < -0.39 is 0 Å². The van der Waals surface area contributed by atoms with E-state index in [2.05, 4.69) is 32.0 Å². The zero-order valence-corrected chi connectivity index (χ0v) is 7.16. The maximum atomic E-state index is 4.94. The van der Waals surface area contributed by atoms with Gasteiger partial charge in [0.25, 0.3) is 0 Å². The molecule has 0 heterocycles. The van der Waals surface area contributed by atoms with Gasteiger partial charge in [-0.25, -0.2) is 0 Å². The predicted molar refractivity (Wildman–Crippen MR) is 47.2 cm³/mol. The van der Waals surface area contributed by atoms with Gasteiger partial charge in [0.05, 0.1) is 0 Å². The van der Waals surface area contributed by atoms with Gasteiger partial charge in [-0.2, -0.15) is 0 Å². The van der Waals surface area contributed by atoms with Crippen LogP contribution in [0.25, 0.3) is 0 Å². The molecule has 0 amide bonds. The summed E-state index contributed by atoms with van der Waals surface area (Å²) >= 11 is 4.94. The van der Waals surface area contributed by atoms with E-state index in [0.717, 1.165) is 5.75 Å². The molecule has 0 bridgehead atoms. The molecular formula is C9H11S. The largest absolute Gasteiger partial charge is 0.0890 e. The monoisotopic (exact) mass is 151 g/mol. The van der Waals surface area contributed by atoms with Crippen LogP contribution in [0, 0.1) is 13.8 Å². The third kappa shape index (κ3) is 1.77. The molecule has 0 aliphatic carbocycles. The van der Waals surface area contributed by atoms with Gasteiger partial charge >= 0.3 is 0 Å². The fraction of sp³-hybridized carbons (Fsp3) is 0.333. The molecule has 0 saturated heterocycles. The molecule has 1 aromatic carbocycles. The fourth-order valence-electron chi connectivity index (χ4n) is 1.15. The number of benzene rings is 1. The Kier molecular flexibility index (Phi) is 2.39. The van der Waals surface area contributed by atoms with Crippen molar-refractivity contribution in [3.8, 4) is 0 Å². The molecule has 0 saturated carbocycles. The van der Waals surface area contributed by atoms with E-state index in [1.807, 2.05) is 0 Å². The van der Waals surface area contributed by atoms with Crippen LogP contribution in [0.1, 0.15) is 16.7 Å². The Morgan fingerprint density at radius 3 is 2.00 bits per heavy atom. The molecule has 1 aromatic rings. The van der Waals surface area contributed by atoms with Gasteiger partial charge in [0.2, 0.25) is 0 Å². The van der Waals surface area contributed by atoms with Crippen LogP contribution in [0.4, 0.5) is 0 Å². The molecule has 0 aliphatic heterocycles. The molecule has 0 aromatic heterocycles. The van der Waals surface area contributed by atoms with Crippen molar-refractivity contribution in [2.75, 3.05) is 0 Å². The fourth-order valence-corrected chi connectivity index (χ4v) is 1.32. The summed E-state index contributed by atoms with van der Waals surface area (Å²) in [7, 11) is 0. The lowest BCUT2D eigenvalue weighted by Crippen LogP contribution is -1.82. The molecular weight excluding hydrogens is 140 g/mol. The Hall–Kier alpha value is -0.430. The first-order chi connectivity index (χ1) is 4.72. The standard InChI is InChI=1S/C9H11S/c1-7-3-8(2)5-9(4-7)6-10/h3-5H,6H2,1-2H3. The summed E-state index contributed by atoms with van der Waals surface area (Å²) in [5, 5.41) is 0. The number of aryl methyl sites for hydroxylation is 2. The highest BCUT2D eigenvalue weighted by molar-refractivity contribution is 7.79. The van der Waals surface area contributed by atoms with Crippen molar-refractivity contribution in [2.45, 2.75) is 19.6 Å². The van der Waals surface area contributed by atoms with Crippen LogP contribution >= 0.6 is 12.6 Å². The topological polar surface area (TPSA) is 0 Å². The SMILES string of the molecule is Cc1cc(C)cc(C[S])c1. The van der Waals surface area contributed by atoms with Crippen molar-refractivity contribution < 1.29 is 0 Å². The van der Waals surface area contributed by atoms with Crippen LogP contribution in [0.3, 0.4) is 0 Å². The molecule has 1 heteroatoms. The normalized spacial score (nSPS) is 9.90. The highest BCUT2D eigenvalue weighted by atomic mass is 32.1. The number of hydrogen-bond donors (Lipinski definition) is 0. The second-order valence-corrected chi connectivity index (χ2v) is 2.93. The van der Waals surface area contributed by atoms with Crippen molar-refractivity contribution in [3.05, 3.63) is 34.9 Å². The van der Waals surface area contributed by atoms with Crippen molar-refractivity contribution >= 4 is 12.6 Å². The Morgan fingerprint density at radius 2 is 1.60 bits per heavy atom. The van der Waals surface area contributed by atoms with Crippen molar-refractivity contribution in [2.24, 2.45) is 0 Å². The third-order valence-corrected chi connectivity index (χ3v) is 1.78. The molecule has 0 unspecified atom stereocenters. The van der Waals surface area contributed by atoms with Crippen LogP contribution in [0.5, 0.6) is 0 Å². The van der Waals surface area contributed by atoms with Gasteiger partial charge in [-0.3, -0.25) is 0 Å². The molecule has 0 fully saturated rings. The zero-order valence-electron chi connectivity index (χ0n) is 6.35.